The molecule has 0 aliphatic carbocycles. The predicted molar refractivity (Wildman–Crippen MR) is 51.6 cm³/mol. The largest absolute Gasteiger partial charge is 0.478 e. The quantitative estimate of drug-likeness (QED) is 0.379. The van der Waals surface area contributed by atoms with Crippen molar-refractivity contribution >= 4 is 5.97 Å². The zero-order valence-electron chi connectivity index (χ0n) is 8.85. The molecule has 0 aromatic carbocycles. The van der Waals surface area contributed by atoms with Crippen LogP contribution in [0.5, 0.6) is 0 Å². The van der Waals surface area contributed by atoms with Crippen molar-refractivity contribution in [2.75, 3.05) is 0 Å². The maximum atomic E-state index is 9.86. The number of aliphatic hydroxyl groups excluding tert-OH is 1. The van der Waals surface area contributed by atoms with E-state index in [0.717, 1.165) is 6.92 Å². The number of allylic oxidation sites excluding steroid dienone is 1. The van der Waals surface area contributed by atoms with Crippen LogP contribution in [0, 0.1) is 0 Å². The molecule has 5 nitrogen and oxygen atoms in total. The van der Waals surface area contributed by atoms with E-state index in [-0.39, 0.29) is 0 Å². The minimum absolute atomic E-state index is 0.389. The Balaban J connectivity index is 0. The third-order valence-corrected chi connectivity index (χ3v) is 1.56. The van der Waals surface area contributed by atoms with Gasteiger partial charge in [0.1, 0.15) is 6.10 Å². The molecule has 5 heteroatoms. The average molecular weight is 206 g/mol. The Morgan fingerprint density at radius 1 is 1.43 bits per heavy atom. The molecule has 4 N–H and O–H groups in total. The van der Waals surface area contributed by atoms with E-state index in [0.29, 0.717) is 5.57 Å². The number of hydrogen-bond donors (Lipinski definition) is 4. The summed E-state index contributed by atoms with van der Waals surface area (Å²) >= 11 is 0. The normalized spacial score (nSPS) is 14.1. The number of rotatable bonds is 2. The van der Waals surface area contributed by atoms with Gasteiger partial charge in [-0.3, -0.25) is 0 Å². The summed E-state index contributed by atoms with van der Waals surface area (Å²) in [6.07, 6.45) is 0.468. The highest BCUT2D eigenvalue weighted by Crippen LogP contribution is 2.01. The zero-order chi connectivity index (χ0) is 11.9. The maximum Gasteiger partial charge on any atom is 0.330 e. The minimum Gasteiger partial charge on any atom is -0.478 e. The molecule has 0 aromatic heterocycles. The molecule has 0 aliphatic heterocycles. The lowest BCUT2D eigenvalue weighted by Crippen LogP contribution is -2.36. The first-order chi connectivity index (χ1) is 6.12. The first kappa shape index (κ1) is 15.6. The Hall–Kier alpha value is -0.910. The summed E-state index contributed by atoms with van der Waals surface area (Å²) in [5.41, 5.74) is 0.389. The summed E-state index contributed by atoms with van der Waals surface area (Å²) in [5.74, 6) is -2.79. The van der Waals surface area contributed by atoms with Crippen LogP contribution in [-0.2, 0) is 4.79 Å². The standard InChI is InChI=1S/C5H8O2.C4H10O3/c1-3-4(2)5(6)7;1-3(5)4(2,6)7/h3H,1-2H3,(H,6,7);3,5-7H,1-2H3. The van der Waals surface area contributed by atoms with Crippen LogP contribution in [0.4, 0.5) is 0 Å². The van der Waals surface area contributed by atoms with E-state index in [1.54, 1.807) is 19.9 Å². The number of aliphatic hydroxyl groups is 3. The van der Waals surface area contributed by atoms with Crippen LogP contribution in [0.15, 0.2) is 11.6 Å². The van der Waals surface area contributed by atoms with Crippen molar-refractivity contribution < 1.29 is 25.2 Å². The zero-order valence-corrected chi connectivity index (χ0v) is 8.85. The van der Waals surface area contributed by atoms with Crippen LogP contribution in [-0.4, -0.2) is 38.3 Å². The van der Waals surface area contributed by atoms with E-state index in [2.05, 4.69) is 0 Å². The Labute approximate surface area is 83.3 Å². The summed E-state index contributed by atoms with van der Waals surface area (Å²) in [5, 5.41) is 33.3. The number of aliphatic carboxylic acids is 1. The van der Waals surface area contributed by atoms with Gasteiger partial charge in [0.25, 0.3) is 0 Å². The monoisotopic (exact) mass is 206 g/mol. The van der Waals surface area contributed by atoms with E-state index < -0.39 is 17.9 Å². The van der Waals surface area contributed by atoms with Crippen molar-refractivity contribution in [2.45, 2.75) is 39.6 Å². The molecule has 1 atom stereocenters. The summed E-state index contributed by atoms with van der Waals surface area (Å²) in [4.78, 5) is 9.86. The van der Waals surface area contributed by atoms with E-state index in [1.807, 2.05) is 0 Å². The molecule has 84 valence electrons. The van der Waals surface area contributed by atoms with Crippen molar-refractivity contribution in [1.82, 2.24) is 0 Å². The number of hydrogen-bond acceptors (Lipinski definition) is 4. The number of carboxylic acid groups (broad SMARTS) is 1. The highest BCUT2D eigenvalue weighted by Gasteiger charge is 2.21. The number of carbonyl (C=O) groups is 1. The van der Waals surface area contributed by atoms with Gasteiger partial charge in [-0.15, -0.1) is 0 Å². The van der Waals surface area contributed by atoms with Crippen LogP contribution < -0.4 is 0 Å². The molecule has 0 amide bonds. The molecule has 0 aromatic rings. The predicted octanol–water partition coefficient (Wildman–Crippen LogP) is 0.105. The molecule has 0 bridgehead atoms. The van der Waals surface area contributed by atoms with Crippen LogP contribution in [0.1, 0.15) is 27.7 Å². The maximum absolute atomic E-state index is 9.86. The number of carboxylic acids is 1. The van der Waals surface area contributed by atoms with Crippen molar-refractivity contribution in [2.24, 2.45) is 0 Å². The van der Waals surface area contributed by atoms with Gasteiger partial charge in [-0.25, -0.2) is 4.79 Å². The third kappa shape index (κ3) is 9.18. The van der Waals surface area contributed by atoms with Crippen molar-refractivity contribution in [3.05, 3.63) is 11.6 Å². The van der Waals surface area contributed by atoms with Gasteiger partial charge < -0.3 is 20.4 Å². The van der Waals surface area contributed by atoms with Gasteiger partial charge in [-0.2, -0.15) is 0 Å². The molecule has 0 rings (SSSR count). The second-order valence-electron chi connectivity index (χ2n) is 3.05. The van der Waals surface area contributed by atoms with Crippen molar-refractivity contribution in [3.63, 3.8) is 0 Å². The Bertz CT molecular complexity index is 200. The lowest BCUT2D eigenvalue weighted by atomic mass is 10.2. The van der Waals surface area contributed by atoms with E-state index in [9.17, 15) is 4.79 Å². The highest BCUT2D eigenvalue weighted by molar-refractivity contribution is 5.85. The average Bonchev–Trinajstić information content (AvgIpc) is 2.02. The lowest BCUT2D eigenvalue weighted by Gasteiger charge is -2.17. The second-order valence-corrected chi connectivity index (χ2v) is 3.05. The van der Waals surface area contributed by atoms with Gasteiger partial charge >= 0.3 is 5.97 Å². The molecule has 0 aliphatic rings. The highest BCUT2D eigenvalue weighted by atomic mass is 16.5. The summed E-state index contributed by atoms with van der Waals surface area (Å²) in [7, 11) is 0. The summed E-state index contributed by atoms with van der Waals surface area (Å²) in [6.45, 7) is 5.68. The fourth-order valence-corrected chi connectivity index (χ4v) is 0.123. The SMILES string of the molecule is CC(O)C(C)(O)O.CC=C(C)C(=O)O. The van der Waals surface area contributed by atoms with Crippen LogP contribution in [0.3, 0.4) is 0 Å². The van der Waals surface area contributed by atoms with Crippen LogP contribution in [0.2, 0.25) is 0 Å². The van der Waals surface area contributed by atoms with E-state index in [4.69, 9.17) is 20.4 Å². The molecular formula is C9H18O5. The molecule has 1 unspecified atom stereocenters. The van der Waals surface area contributed by atoms with Gasteiger partial charge in [0.2, 0.25) is 0 Å². The molecule has 0 saturated heterocycles. The molecule has 0 spiro atoms. The fraction of sp³-hybridized carbons (Fsp3) is 0.667. The minimum atomic E-state index is -1.94. The molecule has 14 heavy (non-hydrogen) atoms. The van der Waals surface area contributed by atoms with E-state index >= 15 is 0 Å². The van der Waals surface area contributed by atoms with Crippen molar-refractivity contribution in [3.8, 4) is 0 Å². The van der Waals surface area contributed by atoms with Gasteiger partial charge in [-0.1, -0.05) is 6.08 Å². The lowest BCUT2D eigenvalue weighted by molar-refractivity contribution is -0.205. The first-order valence-corrected chi connectivity index (χ1v) is 4.12. The molecule has 0 radical (unpaired) electrons. The molecular weight excluding hydrogens is 188 g/mol. The smallest absolute Gasteiger partial charge is 0.330 e. The molecule has 0 heterocycles. The van der Waals surface area contributed by atoms with Crippen LogP contribution >= 0.6 is 0 Å². The van der Waals surface area contributed by atoms with E-state index in [1.165, 1.54) is 6.92 Å². The molecule has 0 saturated carbocycles. The molecule has 0 fully saturated rings. The first-order valence-electron chi connectivity index (χ1n) is 4.12. The topological polar surface area (TPSA) is 98.0 Å². The third-order valence-electron chi connectivity index (χ3n) is 1.56. The Morgan fingerprint density at radius 2 is 1.71 bits per heavy atom. The van der Waals surface area contributed by atoms with Crippen LogP contribution in [0.25, 0.3) is 0 Å². The van der Waals surface area contributed by atoms with Gasteiger partial charge in [0.05, 0.1) is 0 Å². The Kier molecular flexibility index (Phi) is 7.26. The Morgan fingerprint density at radius 3 is 1.71 bits per heavy atom. The van der Waals surface area contributed by atoms with Gasteiger partial charge in [0.15, 0.2) is 5.79 Å². The van der Waals surface area contributed by atoms with Gasteiger partial charge in [-0.05, 0) is 27.7 Å². The van der Waals surface area contributed by atoms with Crippen molar-refractivity contribution in [1.29, 1.82) is 0 Å². The second kappa shape index (κ2) is 6.53. The fourth-order valence-electron chi connectivity index (χ4n) is 0.123. The summed E-state index contributed by atoms with van der Waals surface area (Å²) in [6, 6.07) is 0. The summed E-state index contributed by atoms with van der Waals surface area (Å²) < 4.78 is 0. The van der Waals surface area contributed by atoms with Gasteiger partial charge in [0, 0.05) is 5.57 Å².